The molecule has 22 heavy (non-hydrogen) atoms. The monoisotopic (exact) mass is 317 g/mol. The summed E-state index contributed by atoms with van der Waals surface area (Å²) in [7, 11) is 0. The van der Waals surface area contributed by atoms with E-state index in [1.807, 2.05) is 0 Å². The summed E-state index contributed by atoms with van der Waals surface area (Å²) in [5.41, 5.74) is -0.268. The van der Waals surface area contributed by atoms with Gasteiger partial charge in [0.15, 0.2) is 17.5 Å². The topological polar surface area (TPSA) is 81.7 Å². The number of aliphatic hydroxyl groups is 1. The van der Waals surface area contributed by atoms with Crippen molar-refractivity contribution in [3.8, 4) is 0 Å². The van der Waals surface area contributed by atoms with Crippen molar-refractivity contribution in [1.82, 2.24) is 10.2 Å². The molecule has 1 aromatic carbocycles. The molecule has 0 aromatic heterocycles. The largest absolute Gasteiger partial charge is 0.396 e. The zero-order chi connectivity index (χ0) is 16.3. The molecule has 0 radical (unpaired) electrons. The summed E-state index contributed by atoms with van der Waals surface area (Å²) < 4.78 is 39.1. The number of carbonyl (C=O) groups excluding carboxylic acids is 2. The van der Waals surface area contributed by atoms with Crippen molar-refractivity contribution in [1.29, 1.82) is 0 Å². The number of nitrogens with zero attached hydrogens (tertiary/aromatic N) is 1. The van der Waals surface area contributed by atoms with Gasteiger partial charge in [-0.3, -0.25) is 4.79 Å². The zero-order valence-corrected chi connectivity index (χ0v) is 11.4. The first kappa shape index (κ1) is 16.1. The molecule has 1 aliphatic rings. The van der Waals surface area contributed by atoms with E-state index in [-0.39, 0.29) is 31.8 Å². The van der Waals surface area contributed by atoms with Gasteiger partial charge in [0.25, 0.3) is 0 Å². The van der Waals surface area contributed by atoms with Crippen molar-refractivity contribution < 1.29 is 27.9 Å². The first-order chi connectivity index (χ1) is 10.4. The first-order valence-electron chi connectivity index (χ1n) is 6.54. The minimum Gasteiger partial charge on any atom is -0.396 e. The zero-order valence-electron chi connectivity index (χ0n) is 11.4. The summed E-state index contributed by atoms with van der Waals surface area (Å²) in [5.74, 6) is -4.92. The highest BCUT2D eigenvalue weighted by Crippen LogP contribution is 2.19. The summed E-state index contributed by atoms with van der Waals surface area (Å²) in [6.45, 7) is 0.0936. The van der Waals surface area contributed by atoms with Crippen LogP contribution in [0.25, 0.3) is 0 Å². The van der Waals surface area contributed by atoms with E-state index in [2.05, 4.69) is 10.6 Å². The van der Waals surface area contributed by atoms with Gasteiger partial charge in [-0.25, -0.2) is 18.0 Å². The highest BCUT2D eigenvalue weighted by atomic mass is 19.2. The van der Waals surface area contributed by atoms with E-state index in [0.717, 1.165) is 4.90 Å². The van der Waals surface area contributed by atoms with Crippen molar-refractivity contribution in [2.24, 2.45) is 0 Å². The highest BCUT2D eigenvalue weighted by Gasteiger charge is 2.32. The second kappa shape index (κ2) is 6.65. The predicted octanol–water partition coefficient (Wildman–Crippen LogP) is 0.819. The number of halogens is 3. The SMILES string of the molecule is O=C1NCCN(C(=O)Nc2cc(F)c(F)c(F)c2)[C@@H]1CCO. The van der Waals surface area contributed by atoms with Crippen LogP contribution in [0.15, 0.2) is 12.1 Å². The Morgan fingerprint density at radius 2 is 2.00 bits per heavy atom. The molecule has 0 spiro atoms. The molecule has 0 bridgehead atoms. The van der Waals surface area contributed by atoms with Crippen LogP contribution in [0.5, 0.6) is 0 Å². The van der Waals surface area contributed by atoms with Crippen molar-refractivity contribution in [3.63, 3.8) is 0 Å². The number of piperazine rings is 1. The van der Waals surface area contributed by atoms with Gasteiger partial charge >= 0.3 is 6.03 Å². The van der Waals surface area contributed by atoms with Crippen LogP contribution in [-0.4, -0.2) is 47.7 Å². The van der Waals surface area contributed by atoms with Crippen molar-refractivity contribution >= 4 is 17.6 Å². The number of urea groups is 1. The molecule has 0 unspecified atom stereocenters. The fourth-order valence-corrected chi connectivity index (χ4v) is 2.19. The number of anilines is 1. The lowest BCUT2D eigenvalue weighted by Gasteiger charge is -2.34. The average Bonchev–Trinajstić information content (AvgIpc) is 2.47. The van der Waals surface area contributed by atoms with Crippen LogP contribution in [0.3, 0.4) is 0 Å². The van der Waals surface area contributed by atoms with Crippen LogP contribution in [0.1, 0.15) is 6.42 Å². The van der Waals surface area contributed by atoms with Gasteiger partial charge in [-0.15, -0.1) is 0 Å². The van der Waals surface area contributed by atoms with Gasteiger partial charge in [0.2, 0.25) is 5.91 Å². The smallest absolute Gasteiger partial charge is 0.322 e. The van der Waals surface area contributed by atoms with Gasteiger partial charge in [-0.1, -0.05) is 0 Å². The van der Waals surface area contributed by atoms with Crippen molar-refractivity contribution in [2.75, 3.05) is 25.0 Å². The Hall–Kier alpha value is -2.29. The molecular formula is C13H14F3N3O3. The molecule has 9 heteroatoms. The lowest BCUT2D eigenvalue weighted by atomic mass is 10.1. The molecule has 1 atom stereocenters. The summed E-state index contributed by atoms with van der Waals surface area (Å²) in [6, 6.07) is -0.365. The second-order valence-electron chi connectivity index (χ2n) is 4.70. The number of carbonyl (C=O) groups is 2. The third kappa shape index (κ3) is 3.30. The maximum atomic E-state index is 13.1. The Balaban J connectivity index is 2.15. The average molecular weight is 317 g/mol. The normalized spacial score (nSPS) is 18.1. The van der Waals surface area contributed by atoms with Gasteiger partial charge < -0.3 is 20.6 Å². The number of hydrogen-bond donors (Lipinski definition) is 3. The number of aliphatic hydroxyl groups excluding tert-OH is 1. The summed E-state index contributed by atoms with van der Waals surface area (Å²) in [5, 5.41) is 13.7. The Morgan fingerprint density at radius 3 is 2.59 bits per heavy atom. The van der Waals surface area contributed by atoms with E-state index >= 15 is 0 Å². The Bertz CT molecular complexity index is 574. The third-order valence-corrected chi connectivity index (χ3v) is 3.23. The van der Waals surface area contributed by atoms with Gasteiger partial charge in [-0.2, -0.15) is 0 Å². The van der Waals surface area contributed by atoms with Crippen LogP contribution in [0.4, 0.5) is 23.7 Å². The number of hydrogen-bond acceptors (Lipinski definition) is 3. The van der Waals surface area contributed by atoms with Gasteiger partial charge in [0, 0.05) is 37.5 Å². The number of benzene rings is 1. The minimum atomic E-state index is -1.63. The van der Waals surface area contributed by atoms with Crippen LogP contribution in [-0.2, 0) is 4.79 Å². The fraction of sp³-hybridized carbons (Fsp3) is 0.385. The molecule has 2 rings (SSSR count). The fourth-order valence-electron chi connectivity index (χ4n) is 2.19. The van der Waals surface area contributed by atoms with E-state index in [1.165, 1.54) is 0 Å². The molecule has 1 aliphatic heterocycles. The van der Waals surface area contributed by atoms with Crippen LogP contribution >= 0.6 is 0 Å². The molecule has 1 saturated heterocycles. The molecule has 120 valence electrons. The summed E-state index contributed by atoms with van der Waals surface area (Å²) in [6.07, 6.45) is 0.0331. The molecule has 6 nitrogen and oxygen atoms in total. The predicted molar refractivity (Wildman–Crippen MR) is 70.5 cm³/mol. The van der Waals surface area contributed by atoms with Crippen LogP contribution in [0.2, 0.25) is 0 Å². The van der Waals surface area contributed by atoms with E-state index in [9.17, 15) is 22.8 Å². The maximum Gasteiger partial charge on any atom is 0.322 e. The molecule has 1 heterocycles. The summed E-state index contributed by atoms with van der Waals surface area (Å²) in [4.78, 5) is 25.0. The molecule has 0 saturated carbocycles. The minimum absolute atomic E-state index is 0.0331. The van der Waals surface area contributed by atoms with E-state index in [0.29, 0.717) is 12.1 Å². The third-order valence-electron chi connectivity index (χ3n) is 3.23. The maximum absolute atomic E-state index is 13.1. The van der Waals surface area contributed by atoms with Crippen LogP contribution < -0.4 is 10.6 Å². The number of rotatable bonds is 3. The molecule has 3 amide bonds. The lowest BCUT2D eigenvalue weighted by molar-refractivity contribution is -0.128. The first-order valence-corrected chi connectivity index (χ1v) is 6.54. The molecule has 1 aromatic rings. The van der Waals surface area contributed by atoms with Gasteiger partial charge in [0.1, 0.15) is 6.04 Å². The molecule has 1 fully saturated rings. The van der Waals surface area contributed by atoms with Crippen molar-refractivity contribution in [2.45, 2.75) is 12.5 Å². The molecule has 3 N–H and O–H groups in total. The second-order valence-corrected chi connectivity index (χ2v) is 4.70. The molecular weight excluding hydrogens is 303 g/mol. The number of amides is 3. The van der Waals surface area contributed by atoms with E-state index in [1.54, 1.807) is 0 Å². The van der Waals surface area contributed by atoms with E-state index in [4.69, 9.17) is 5.11 Å². The standard InChI is InChI=1S/C13H14F3N3O3/c14-8-5-7(6-9(15)11(8)16)18-13(22)19-3-2-17-12(21)10(19)1-4-20/h5-6,10,20H,1-4H2,(H,17,21)(H,18,22)/t10-/m1/s1. The number of nitrogens with one attached hydrogen (secondary N) is 2. The van der Waals surface area contributed by atoms with Crippen molar-refractivity contribution in [3.05, 3.63) is 29.6 Å². The van der Waals surface area contributed by atoms with Crippen LogP contribution in [0, 0.1) is 17.5 Å². The Morgan fingerprint density at radius 1 is 1.36 bits per heavy atom. The highest BCUT2D eigenvalue weighted by molar-refractivity contribution is 5.94. The summed E-state index contributed by atoms with van der Waals surface area (Å²) >= 11 is 0. The molecule has 0 aliphatic carbocycles. The quantitative estimate of drug-likeness (QED) is 0.722. The van der Waals surface area contributed by atoms with Gasteiger partial charge in [0.05, 0.1) is 0 Å². The Labute approximate surface area is 123 Å². The Kier molecular flexibility index (Phi) is 4.86. The van der Waals surface area contributed by atoms with E-state index < -0.39 is 35.4 Å². The van der Waals surface area contributed by atoms with Gasteiger partial charge in [-0.05, 0) is 6.42 Å². The lowest BCUT2D eigenvalue weighted by Crippen LogP contribution is -2.58.